The molecule has 3 atom stereocenters. The highest BCUT2D eigenvalue weighted by Gasteiger charge is 2.19. The highest BCUT2D eigenvalue weighted by atomic mass is 16.3. The van der Waals surface area contributed by atoms with Crippen LogP contribution in [0.15, 0.2) is 48.6 Å². The Labute approximate surface area is 278 Å². The molecule has 0 aliphatic heterocycles. The molecule has 0 aromatic carbocycles. The SMILES string of the molecule is CCCCCCCC/C=C\C/C=C\C(O)CC(=O)NC(CO)C(O)/C=C/CC/C=C/CCCCCCCCCCCCCCC. The minimum Gasteiger partial charge on any atom is -0.394 e. The zero-order valence-corrected chi connectivity index (χ0v) is 29.5. The summed E-state index contributed by atoms with van der Waals surface area (Å²) in [6.45, 7) is 4.14. The van der Waals surface area contributed by atoms with E-state index in [0.29, 0.717) is 0 Å². The topological polar surface area (TPSA) is 89.8 Å². The van der Waals surface area contributed by atoms with E-state index in [1.165, 1.54) is 122 Å². The Morgan fingerprint density at radius 1 is 0.556 bits per heavy atom. The first-order chi connectivity index (χ1) is 22.0. The number of carbonyl (C=O) groups excluding carboxylic acids is 1. The van der Waals surface area contributed by atoms with Crippen LogP contribution in [-0.4, -0.2) is 46.1 Å². The summed E-state index contributed by atoms with van der Waals surface area (Å²) in [5.41, 5.74) is 0. The molecule has 0 rings (SSSR count). The maximum Gasteiger partial charge on any atom is 0.223 e. The molecule has 0 spiro atoms. The Balaban J connectivity index is 3.85. The molecule has 3 unspecified atom stereocenters. The van der Waals surface area contributed by atoms with Crippen molar-refractivity contribution in [3.05, 3.63) is 48.6 Å². The molecule has 0 aromatic rings. The lowest BCUT2D eigenvalue weighted by Crippen LogP contribution is -2.45. The van der Waals surface area contributed by atoms with Gasteiger partial charge in [0.15, 0.2) is 0 Å². The molecule has 0 aliphatic rings. The molecular formula is C40H73NO4. The quantitative estimate of drug-likeness (QED) is 0.0429. The van der Waals surface area contributed by atoms with E-state index in [9.17, 15) is 20.1 Å². The van der Waals surface area contributed by atoms with Gasteiger partial charge in [0.05, 0.1) is 31.3 Å². The minimum atomic E-state index is -0.974. The lowest BCUT2D eigenvalue weighted by molar-refractivity contribution is -0.124. The van der Waals surface area contributed by atoms with E-state index in [4.69, 9.17) is 0 Å². The fraction of sp³-hybridized carbons (Fsp3) is 0.775. The van der Waals surface area contributed by atoms with E-state index < -0.39 is 24.2 Å². The second-order valence-electron chi connectivity index (χ2n) is 12.8. The Hall–Kier alpha value is -1.69. The van der Waals surface area contributed by atoms with E-state index in [1.807, 2.05) is 12.2 Å². The number of aliphatic hydroxyl groups is 3. The van der Waals surface area contributed by atoms with Gasteiger partial charge >= 0.3 is 0 Å². The van der Waals surface area contributed by atoms with Crippen molar-refractivity contribution in [1.82, 2.24) is 5.32 Å². The largest absolute Gasteiger partial charge is 0.394 e. The summed E-state index contributed by atoms with van der Waals surface area (Å²) in [5, 5.41) is 32.8. The van der Waals surface area contributed by atoms with E-state index in [2.05, 4.69) is 43.5 Å². The summed E-state index contributed by atoms with van der Waals surface area (Å²) in [7, 11) is 0. The van der Waals surface area contributed by atoms with Gasteiger partial charge in [-0.3, -0.25) is 4.79 Å². The third-order valence-electron chi connectivity index (χ3n) is 8.35. The van der Waals surface area contributed by atoms with Crippen LogP contribution in [-0.2, 0) is 4.79 Å². The van der Waals surface area contributed by atoms with Crippen LogP contribution < -0.4 is 5.32 Å². The molecule has 0 saturated carbocycles. The van der Waals surface area contributed by atoms with Crippen LogP contribution in [0.25, 0.3) is 0 Å². The molecule has 5 heteroatoms. The molecule has 5 nitrogen and oxygen atoms in total. The smallest absolute Gasteiger partial charge is 0.223 e. The van der Waals surface area contributed by atoms with Crippen molar-refractivity contribution < 1.29 is 20.1 Å². The van der Waals surface area contributed by atoms with Gasteiger partial charge < -0.3 is 20.6 Å². The first-order valence-corrected chi connectivity index (χ1v) is 18.9. The van der Waals surface area contributed by atoms with Crippen LogP contribution in [0.2, 0.25) is 0 Å². The van der Waals surface area contributed by atoms with Crippen LogP contribution in [0, 0.1) is 0 Å². The van der Waals surface area contributed by atoms with E-state index in [1.54, 1.807) is 12.2 Å². The van der Waals surface area contributed by atoms with Crippen molar-refractivity contribution in [3.8, 4) is 0 Å². The third kappa shape index (κ3) is 32.1. The summed E-state index contributed by atoms with van der Waals surface area (Å²) < 4.78 is 0. The zero-order valence-electron chi connectivity index (χ0n) is 29.5. The van der Waals surface area contributed by atoms with Gasteiger partial charge in [-0.05, 0) is 44.9 Å². The molecule has 0 heterocycles. The predicted molar refractivity (Wildman–Crippen MR) is 194 cm³/mol. The molecule has 1 amide bonds. The van der Waals surface area contributed by atoms with Gasteiger partial charge in [0.25, 0.3) is 0 Å². The van der Waals surface area contributed by atoms with Crippen LogP contribution in [0.5, 0.6) is 0 Å². The monoisotopic (exact) mass is 632 g/mol. The number of nitrogens with one attached hydrogen (secondary N) is 1. The Morgan fingerprint density at radius 2 is 1.00 bits per heavy atom. The lowest BCUT2D eigenvalue weighted by atomic mass is 10.0. The number of hydrogen-bond acceptors (Lipinski definition) is 4. The number of aliphatic hydroxyl groups excluding tert-OH is 3. The predicted octanol–water partition coefficient (Wildman–Crippen LogP) is 10.2. The molecule has 0 aliphatic carbocycles. The standard InChI is InChI=1S/C40H73NO4/c1-3-5-7-9-11-13-15-16-17-18-19-20-21-22-24-26-28-30-32-34-39(44)38(36-42)41-40(45)35-37(43)33-31-29-27-25-23-14-12-10-8-6-4-2/h24-27,31-34,37-39,42-44H,3-23,28-30,35-36H2,1-2H3,(H,41,45)/b26-24+,27-25-,33-31-,34-32+. The summed E-state index contributed by atoms with van der Waals surface area (Å²) in [4.78, 5) is 12.3. The van der Waals surface area contributed by atoms with Crippen LogP contribution in [0.4, 0.5) is 0 Å². The fourth-order valence-corrected chi connectivity index (χ4v) is 5.41. The summed E-state index contributed by atoms with van der Waals surface area (Å²) in [5.74, 6) is -0.395. The Kier molecular flexibility index (Phi) is 33.8. The van der Waals surface area contributed by atoms with Gasteiger partial charge in [0, 0.05) is 0 Å². The second-order valence-corrected chi connectivity index (χ2v) is 12.8. The van der Waals surface area contributed by atoms with Crippen LogP contribution >= 0.6 is 0 Å². The third-order valence-corrected chi connectivity index (χ3v) is 8.35. The number of allylic oxidation sites excluding steroid dienone is 6. The molecule has 0 bridgehead atoms. The maximum absolute atomic E-state index is 12.3. The van der Waals surface area contributed by atoms with Crippen molar-refractivity contribution in [2.24, 2.45) is 0 Å². The Bertz CT molecular complexity index is 745. The summed E-state index contributed by atoms with van der Waals surface area (Å²) in [6.07, 6.45) is 44.1. The van der Waals surface area contributed by atoms with Crippen molar-refractivity contribution in [2.45, 2.75) is 193 Å². The van der Waals surface area contributed by atoms with Gasteiger partial charge in [-0.1, -0.05) is 172 Å². The molecular weight excluding hydrogens is 558 g/mol. The van der Waals surface area contributed by atoms with Crippen molar-refractivity contribution in [3.63, 3.8) is 0 Å². The van der Waals surface area contributed by atoms with E-state index in [0.717, 1.165) is 32.1 Å². The fourth-order valence-electron chi connectivity index (χ4n) is 5.41. The lowest BCUT2D eigenvalue weighted by Gasteiger charge is -2.20. The molecule has 262 valence electrons. The Morgan fingerprint density at radius 3 is 1.51 bits per heavy atom. The number of carbonyl (C=O) groups is 1. The molecule has 4 N–H and O–H groups in total. The maximum atomic E-state index is 12.3. The summed E-state index contributed by atoms with van der Waals surface area (Å²) in [6, 6.07) is -0.791. The second kappa shape index (κ2) is 35.2. The molecule has 0 fully saturated rings. The van der Waals surface area contributed by atoms with Crippen LogP contribution in [0.3, 0.4) is 0 Å². The average Bonchev–Trinajstić information content (AvgIpc) is 3.03. The number of hydrogen-bond donors (Lipinski definition) is 4. The highest BCUT2D eigenvalue weighted by Crippen LogP contribution is 2.13. The first-order valence-electron chi connectivity index (χ1n) is 18.9. The molecule has 0 aromatic heterocycles. The first kappa shape index (κ1) is 43.3. The van der Waals surface area contributed by atoms with Crippen molar-refractivity contribution in [1.29, 1.82) is 0 Å². The van der Waals surface area contributed by atoms with Gasteiger partial charge in [-0.2, -0.15) is 0 Å². The molecule has 45 heavy (non-hydrogen) atoms. The van der Waals surface area contributed by atoms with Crippen molar-refractivity contribution >= 4 is 5.91 Å². The average molecular weight is 632 g/mol. The minimum absolute atomic E-state index is 0.102. The highest BCUT2D eigenvalue weighted by molar-refractivity contribution is 5.77. The number of amides is 1. The number of rotatable bonds is 33. The normalized spacial score (nSPS) is 14.3. The molecule has 0 radical (unpaired) electrons. The zero-order chi connectivity index (χ0) is 33.1. The van der Waals surface area contributed by atoms with Gasteiger partial charge in [0.1, 0.15) is 0 Å². The van der Waals surface area contributed by atoms with E-state index >= 15 is 0 Å². The van der Waals surface area contributed by atoms with Gasteiger partial charge in [-0.15, -0.1) is 0 Å². The van der Waals surface area contributed by atoms with Gasteiger partial charge in [0.2, 0.25) is 5.91 Å². The number of unbranched alkanes of at least 4 members (excludes halogenated alkanes) is 20. The van der Waals surface area contributed by atoms with Crippen LogP contribution in [0.1, 0.15) is 174 Å². The molecule has 0 saturated heterocycles. The van der Waals surface area contributed by atoms with Crippen molar-refractivity contribution in [2.75, 3.05) is 6.61 Å². The summed E-state index contributed by atoms with van der Waals surface area (Å²) >= 11 is 0. The van der Waals surface area contributed by atoms with E-state index in [-0.39, 0.29) is 13.0 Å². The van der Waals surface area contributed by atoms with Gasteiger partial charge in [-0.25, -0.2) is 0 Å².